The Hall–Kier alpha value is -2.38. The maximum Gasteiger partial charge on any atom is 0.262 e. The molecule has 140 valence electrons. The number of ether oxygens (including phenoxy) is 1. The van der Waals surface area contributed by atoms with Crippen LogP contribution in [-0.4, -0.2) is 38.5 Å². The van der Waals surface area contributed by atoms with Crippen LogP contribution in [0.1, 0.15) is 18.1 Å². The van der Waals surface area contributed by atoms with E-state index in [1.807, 2.05) is 31.2 Å². The molecule has 2 aromatic carbocycles. The van der Waals surface area contributed by atoms with Gasteiger partial charge in [-0.1, -0.05) is 37.3 Å². The van der Waals surface area contributed by atoms with Gasteiger partial charge in [-0.15, -0.1) is 0 Å². The summed E-state index contributed by atoms with van der Waals surface area (Å²) in [4.78, 5) is 12.1. The van der Waals surface area contributed by atoms with Crippen molar-refractivity contribution in [1.29, 1.82) is 0 Å². The number of carbonyl (C=O) groups excluding carboxylic acids is 1. The number of nitrogens with zero attached hydrogens (tertiary/aromatic N) is 1. The van der Waals surface area contributed by atoms with Crippen LogP contribution < -0.4 is 10.1 Å². The number of aryl methyl sites for hydroxylation is 1. The van der Waals surface area contributed by atoms with E-state index in [1.54, 1.807) is 24.3 Å². The quantitative estimate of drug-likeness (QED) is 0.768. The third-order valence-corrected chi connectivity index (χ3v) is 5.20. The highest BCUT2D eigenvalue weighted by molar-refractivity contribution is 7.88. The number of sulfonamides is 1. The summed E-state index contributed by atoms with van der Waals surface area (Å²) in [5, 5.41) is 2.85. The molecule has 6 nitrogen and oxygen atoms in total. The van der Waals surface area contributed by atoms with E-state index in [-0.39, 0.29) is 19.1 Å². The molecule has 0 spiro atoms. The maximum absolute atomic E-state index is 12.1. The molecule has 0 fully saturated rings. The second-order valence-electron chi connectivity index (χ2n) is 6.01. The van der Waals surface area contributed by atoms with Crippen LogP contribution in [0.15, 0.2) is 48.5 Å². The number of benzene rings is 2. The van der Waals surface area contributed by atoms with E-state index in [0.717, 1.165) is 23.2 Å². The van der Waals surface area contributed by atoms with Gasteiger partial charge in [0.25, 0.3) is 5.91 Å². The lowest BCUT2D eigenvalue weighted by Crippen LogP contribution is -2.24. The molecule has 2 aromatic rings. The fourth-order valence-corrected chi connectivity index (χ4v) is 2.73. The third-order valence-electron chi connectivity index (χ3n) is 3.94. The Morgan fingerprint density at radius 3 is 2.38 bits per heavy atom. The van der Waals surface area contributed by atoms with Crippen LogP contribution in [0, 0.1) is 0 Å². The van der Waals surface area contributed by atoms with Gasteiger partial charge in [0.1, 0.15) is 5.75 Å². The van der Waals surface area contributed by atoms with E-state index in [9.17, 15) is 13.2 Å². The van der Waals surface area contributed by atoms with Gasteiger partial charge in [-0.25, -0.2) is 12.7 Å². The Labute approximate surface area is 154 Å². The fourth-order valence-electron chi connectivity index (χ4n) is 2.35. The zero-order valence-electron chi connectivity index (χ0n) is 15.2. The van der Waals surface area contributed by atoms with Gasteiger partial charge in [0, 0.05) is 19.3 Å². The molecular formula is C19H24N2O4S. The van der Waals surface area contributed by atoms with Crippen LogP contribution in [0.5, 0.6) is 5.75 Å². The Morgan fingerprint density at radius 2 is 1.77 bits per heavy atom. The molecule has 0 atom stereocenters. The predicted octanol–water partition coefficient (Wildman–Crippen LogP) is 2.66. The van der Waals surface area contributed by atoms with Crippen molar-refractivity contribution in [1.82, 2.24) is 4.31 Å². The van der Waals surface area contributed by atoms with E-state index < -0.39 is 10.0 Å². The zero-order valence-corrected chi connectivity index (χ0v) is 16.0. The van der Waals surface area contributed by atoms with Crippen molar-refractivity contribution in [2.45, 2.75) is 19.9 Å². The van der Waals surface area contributed by atoms with Crippen molar-refractivity contribution < 1.29 is 17.9 Å². The van der Waals surface area contributed by atoms with E-state index in [0.29, 0.717) is 5.75 Å². The highest BCUT2D eigenvalue weighted by Gasteiger charge is 2.11. The first kappa shape index (κ1) is 19.9. The number of hydrogen-bond acceptors (Lipinski definition) is 4. The SMILES string of the molecule is CCc1ccccc1NC(=O)COc1ccc(CN(C)S(C)(=O)=O)cc1. The van der Waals surface area contributed by atoms with Gasteiger partial charge < -0.3 is 10.1 Å². The van der Waals surface area contributed by atoms with Crippen molar-refractivity contribution in [2.75, 3.05) is 25.2 Å². The van der Waals surface area contributed by atoms with Crippen LogP contribution in [0.25, 0.3) is 0 Å². The standard InChI is InChI=1S/C19H24N2O4S/c1-4-16-7-5-6-8-18(16)20-19(22)14-25-17-11-9-15(10-12-17)13-21(2)26(3,23)24/h5-12H,4,13-14H2,1-3H3,(H,20,22). The summed E-state index contributed by atoms with van der Waals surface area (Å²) in [6.45, 7) is 2.22. The molecular weight excluding hydrogens is 352 g/mol. The van der Waals surface area contributed by atoms with Crippen molar-refractivity contribution in [2.24, 2.45) is 0 Å². The molecule has 0 aliphatic rings. The summed E-state index contributed by atoms with van der Waals surface area (Å²) in [5.74, 6) is 0.321. The van der Waals surface area contributed by atoms with Gasteiger partial charge in [0.15, 0.2) is 6.61 Å². The van der Waals surface area contributed by atoms with Crippen molar-refractivity contribution in [3.05, 3.63) is 59.7 Å². The molecule has 2 rings (SSSR count). The second-order valence-corrected chi connectivity index (χ2v) is 8.10. The average Bonchev–Trinajstić information content (AvgIpc) is 2.61. The van der Waals surface area contributed by atoms with Crippen molar-refractivity contribution >= 4 is 21.6 Å². The number of amides is 1. The molecule has 7 heteroatoms. The number of nitrogens with one attached hydrogen (secondary N) is 1. The van der Waals surface area contributed by atoms with Gasteiger partial charge in [-0.2, -0.15) is 0 Å². The summed E-state index contributed by atoms with van der Waals surface area (Å²) in [6.07, 6.45) is 2.00. The number of carbonyl (C=O) groups is 1. The average molecular weight is 376 g/mol. The molecule has 0 bridgehead atoms. The summed E-state index contributed by atoms with van der Waals surface area (Å²) in [6, 6.07) is 14.7. The molecule has 0 aliphatic carbocycles. The molecule has 0 aromatic heterocycles. The Bertz CT molecular complexity index is 848. The number of hydrogen-bond donors (Lipinski definition) is 1. The molecule has 0 aliphatic heterocycles. The molecule has 0 heterocycles. The Kier molecular flexibility index (Phi) is 6.76. The van der Waals surface area contributed by atoms with Gasteiger partial charge in [-0.3, -0.25) is 4.79 Å². The normalized spacial score (nSPS) is 11.4. The zero-order chi connectivity index (χ0) is 19.2. The largest absolute Gasteiger partial charge is 0.484 e. The summed E-state index contributed by atoms with van der Waals surface area (Å²) >= 11 is 0. The Balaban J connectivity index is 1.88. The second kappa shape index (κ2) is 8.82. The molecule has 0 unspecified atom stereocenters. The highest BCUT2D eigenvalue weighted by atomic mass is 32.2. The van der Waals surface area contributed by atoms with Gasteiger partial charge >= 0.3 is 0 Å². The lowest BCUT2D eigenvalue weighted by atomic mass is 10.1. The van der Waals surface area contributed by atoms with E-state index in [2.05, 4.69) is 5.32 Å². The Morgan fingerprint density at radius 1 is 1.12 bits per heavy atom. The summed E-state index contributed by atoms with van der Waals surface area (Å²) in [5.41, 5.74) is 2.70. The minimum Gasteiger partial charge on any atom is -0.484 e. The van der Waals surface area contributed by atoms with Gasteiger partial charge in [0.2, 0.25) is 10.0 Å². The number of para-hydroxylation sites is 1. The van der Waals surface area contributed by atoms with E-state index in [4.69, 9.17) is 4.74 Å². The van der Waals surface area contributed by atoms with Crippen LogP contribution in [0.4, 0.5) is 5.69 Å². The smallest absolute Gasteiger partial charge is 0.262 e. The topological polar surface area (TPSA) is 75.7 Å². The fraction of sp³-hybridized carbons (Fsp3) is 0.316. The van der Waals surface area contributed by atoms with E-state index in [1.165, 1.54) is 17.6 Å². The molecule has 26 heavy (non-hydrogen) atoms. The minimum atomic E-state index is -3.22. The monoisotopic (exact) mass is 376 g/mol. The minimum absolute atomic E-state index is 0.0966. The number of anilines is 1. The third kappa shape index (κ3) is 5.86. The van der Waals surface area contributed by atoms with Gasteiger partial charge in [0.05, 0.1) is 6.26 Å². The highest BCUT2D eigenvalue weighted by Crippen LogP contribution is 2.16. The summed E-state index contributed by atoms with van der Waals surface area (Å²) < 4.78 is 29.6. The van der Waals surface area contributed by atoms with Crippen molar-refractivity contribution in [3.63, 3.8) is 0 Å². The molecule has 1 N–H and O–H groups in total. The molecule has 0 saturated carbocycles. The first-order chi connectivity index (χ1) is 12.3. The van der Waals surface area contributed by atoms with Crippen molar-refractivity contribution in [3.8, 4) is 5.75 Å². The summed E-state index contributed by atoms with van der Waals surface area (Å²) in [7, 11) is -1.69. The van der Waals surface area contributed by atoms with E-state index >= 15 is 0 Å². The maximum atomic E-state index is 12.1. The molecule has 0 radical (unpaired) electrons. The van der Waals surface area contributed by atoms with Crippen LogP contribution in [-0.2, 0) is 27.8 Å². The van der Waals surface area contributed by atoms with Crippen LogP contribution in [0.2, 0.25) is 0 Å². The lowest BCUT2D eigenvalue weighted by molar-refractivity contribution is -0.118. The first-order valence-corrected chi connectivity index (χ1v) is 10.1. The predicted molar refractivity (Wildman–Crippen MR) is 103 cm³/mol. The lowest BCUT2D eigenvalue weighted by Gasteiger charge is -2.14. The van der Waals surface area contributed by atoms with Crippen LogP contribution in [0.3, 0.4) is 0 Å². The molecule has 1 amide bonds. The number of rotatable bonds is 8. The molecule has 0 saturated heterocycles. The van der Waals surface area contributed by atoms with Gasteiger partial charge in [-0.05, 0) is 35.7 Å². The van der Waals surface area contributed by atoms with Crippen LogP contribution >= 0.6 is 0 Å². The first-order valence-electron chi connectivity index (χ1n) is 8.30.